The van der Waals surface area contributed by atoms with Gasteiger partial charge >= 0.3 is 0 Å². The largest absolute Gasteiger partial charge is 0.372 e. The maximum atomic E-state index is 12.5. The number of benzene rings is 2. The van der Waals surface area contributed by atoms with Crippen molar-refractivity contribution in [1.29, 1.82) is 0 Å². The molecule has 0 aliphatic carbocycles. The van der Waals surface area contributed by atoms with Crippen molar-refractivity contribution in [3.8, 4) is 0 Å². The first-order chi connectivity index (χ1) is 13.0. The number of amides is 1. The van der Waals surface area contributed by atoms with Gasteiger partial charge in [0.2, 0.25) is 0 Å². The van der Waals surface area contributed by atoms with E-state index in [1.54, 1.807) is 31.1 Å². The summed E-state index contributed by atoms with van der Waals surface area (Å²) in [7, 11) is 3.46. The number of nitro groups is 1. The summed E-state index contributed by atoms with van der Waals surface area (Å²) in [5.41, 5.74) is 2.45. The highest BCUT2D eigenvalue weighted by molar-refractivity contribution is 6.05. The van der Waals surface area contributed by atoms with Gasteiger partial charge in [-0.2, -0.15) is 0 Å². The van der Waals surface area contributed by atoms with E-state index >= 15 is 0 Å². The van der Waals surface area contributed by atoms with Crippen LogP contribution < -0.4 is 15.1 Å². The molecule has 1 saturated heterocycles. The van der Waals surface area contributed by atoms with Crippen molar-refractivity contribution in [2.45, 2.75) is 19.3 Å². The molecule has 0 saturated carbocycles. The minimum Gasteiger partial charge on any atom is -0.372 e. The Labute approximate surface area is 158 Å². The quantitative estimate of drug-likeness (QED) is 0.639. The van der Waals surface area contributed by atoms with Crippen LogP contribution in [0.1, 0.15) is 29.6 Å². The van der Waals surface area contributed by atoms with E-state index in [1.807, 2.05) is 24.3 Å². The van der Waals surface area contributed by atoms with E-state index in [0.29, 0.717) is 11.4 Å². The van der Waals surface area contributed by atoms with E-state index in [0.717, 1.165) is 18.8 Å². The summed E-state index contributed by atoms with van der Waals surface area (Å²) in [6.45, 7) is 2.13. The minimum absolute atomic E-state index is 0.0897. The number of carbonyl (C=O) groups is 1. The van der Waals surface area contributed by atoms with Gasteiger partial charge in [0, 0.05) is 50.2 Å². The fraction of sp³-hybridized carbons (Fsp3) is 0.350. The van der Waals surface area contributed by atoms with Crippen LogP contribution in [0.3, 0.4) is 0 Å². The number of nitrogens with zero attached hydrogens (tertiary/aromatic N) is 3. The van der Waals surface area contributed by atoms with Gasteiger partial charge in [0.1, 0.15) is 5.69 Å². The number of rotatable bonds is 5. The van der Waals surface area contributed by atoms with Crippen LogP contribution in [0.4, 0.5) is 22.7 Å². The predicted octanol–water partition coefficient (Wildman–Crippen LogP) is 3.90. The summed E-state index contributed by atoms with van der Waals surface area (Å²) in [6, 6.07) is 12.2. The first-order valence-electron chi connectivity index (χ1n) is 9.08. The lowest BCUT2D eigenvalue weighted by atomic mass is 10.1. The molecular formula is C20H24N4O3. The highest BCUT2D eigenvalue weighted by Crippen LogP contribution is 2.28. The Balaban J connectivity index is 1.73. The summed E-state index contributed by atoms with van der Waals surface area (Å²) in [5, 5.41) is 14.1. The van der Waals surface area contributed by atoms with Gasteiger partial charge in [-0.1, -0.05) is 0 Å². The highest BCUT2D eigenvalue weighted by Gasteiger charge is 2.19. The SMILES string of the molecule is CN(C)c1ccc(C(=O)Nc2ccc(N3CCCCC3)cc2)cc1[N+](=O)[O-]. The van der Waals surface area contributed by atoms with Crippen molar-refractivity contribution < 1.29 is 9.72 Å². The molecule has 1 aliphatic rings. The van der Waals surface area contributed by atoms with Gasteiger partial charge in [-0.05, 0) is 55.7 Å². The Morgan fingerprint density at radius 3 is 2.33 bits per heavy atom. The van der Waals surface area contributed by atoms with E-state index in [1.165, 1.54) is 25.3 Å². The van der Waals surface area contributed by atoms with Crippen LogP contribution in [-0.4, -0.2) is 38.0 Å². The third kappa shape index (κ3) is 4.36. The number of anilines is 3. The normalized spacial score (nSPS) is 13.9. The first-order valence-corrected chi connectivity index (χ1v) is 9.08. The van der Waals surface area contributed by atoms with Crippen molar-refractivity contribution in [1.82, 2.24) is 0 Å². The molecule has 0 aromatic heterocycles. The van der Waals surface area contributed by atoms with Crippen molar-refractivity contribution in [3.05, 3.63) is 58.1 Å². The number of hydrogen-bond acceptors (Lipinski definition) is 5. The fourth-order valence-corrected chi connectivity index (χ4v) is 3.30. The summed E-state index contributed by atoms with van der Waals surface area (Å²) in [4.78, 5) is 27.3. The Kier molecular flexibility index (Phi) is 5.59. The zero-order valence-corrected chi connectivity index (χ0v) is 15.6. The molecule has 0 radical (unpaired) electrons. The van der Waals surface area contributed by atoms with Crippen LogP contribution >= 0.6 is 0 Å². The van der Waals surface area contributed by atoms with Crippen LogP contribution in [0.5, 0.6) is 0 Å². The Morgan fingerprint density at radius 1 is 1.07 bits per heavy atom. The first kappa shape index (κ1) is 18.7. The lowest BCUT2D eigenvalue weighted by Gasteiger charge is -2.28. The number of hydrogen-bond donors (Lipinski definition) is 1. The van der Waals surface area contributed by atoms with Gasteiger partial charge < -0.3 is 15.1 Å². The molecule has 0 spiro atoms. The summed E-state index contributed by atoms with van der Waals surface area (Å²) in [6.07, 6.45) is 3.70. The number of carbonyl (C=O) groups excluding carboxylic acids is 1. The number of nitrogens with one attached hydrogen (secondary N) is 1. The van der Waals surface area contributed by atoms with Crippen molar-refractivity contribution in [3.63, 3.8) is 0 Å². The maximum absolute atomic E-state index is 12.5. The average Bonchev–Trinajstić information content (AvgIpc) is 2.68. The molecular weight excluding hydrogens is 344 g/mol. The molecule has 7 heteroatoms. The fourth-order valence-electron chi connectivity index (χ4n) is 3.30. The molecule has 1 amide bonds. The molecule has 3 rings (SSSR count). The zero-order valence-electron chi connectivity index (χ0n) is 15.6. The topological polar surface area (TPSA) is 78.7 Å². The van der Waals surface area contributed by atoms with Gasteiger partial charge in [0.15, 0.2) is 0 Å². The third-order valence-electron chi connectivity index (χ3n) is 4.76. The standard InChI is InChI=1S/C20H24N4O3/c1-22(2)18-11-6-15(14-19(18)24(26)27)20(25)21-16-7-9-17(10-8-16)23-12-4-3-5-13-23/h6-11,14H,3-5,12-13H2,1-2H3,(H,21,25). The van der Waals surface area contributed by atoms with Gasteiger partial charge in [0.25, 0.3) is 11.6 Å². The molecule has 1 fully saturated rings. The van der Waals surface area contributed by atoms with E-state index < -0.39 is 4.92 Å². The summed E-state index contributed by atoms with van der Waals surface area (Å²) < 4.78 is 0. The molecule has 1 heterocycles. The molecule has 0 bridgehead atoms. The van der Waals surface area contributed by atoms with Gasteiger partial charge in [0.05, 0.1) is 4.92 Å². The molecule has 1 aliphatic heterocycles. The number of nitro benzene ring substituents is 1. The van der Waals surface area contributed by atoms with Crippen LogP contribution in [0, 0.1) is 10.1 Å². The molecule has 0 unspecified atom stereocenters. The van der Waals surface area contributed by atoms with Gasteiger partial charge in [-0.15, -0.1) is 0 Å². The highest BCUT2D eigenvalue weighted by atomic mass is 16.6. The third-order valence-corrected chi connectivity index (χ3v) is 4.76. The van der Waals surface area contributed by atoms with Crippen LogP contribution in [0.2, 0.25) is 0 Å². The van der Waals surface area contributed by atoms with Gasteiger partial charge in [-0.3, -0.25) is 14.9 Å². The van der Waals surface area contributed by atoms with Gasteiger partial charge in [-0.25, -0.2) is 0 Å². The molecule has 7 nitrogen and oxygen atoms in total. The van der Waals surface area contributed by atoms with Crippen molar-refractivity contribution in [2.24, 2.45) is 0 Å². The second-order valence-corrected chi connectivity index (χ2v) is 6.90. The average molecular weight is 368 g/mol. The van der Waals surface area contributed by atoms with E-state index in [-0.39, 0.29) is 17.2 Å². The lowest BCUT2D eigenvalue weighted by Crippen LogP contribution is -2.29. The smallest absolute Gasteiger partial charge is 0.293 e. The Hall–Kier alpha value is -3.09. The van der Waals surface area contributed by atoms with Crippen LogP contribution in [0.15, 0.2) is 42.5 Å². The molecule has 0 atom stereocenters. The monoisotopic (exact) mass is 368 g/mol. The summed E-state index contributed by atoms with van der Waals surface area (Å²) in [5.74, 6) is -0.367. The molecule has 2 aromatic carbocycles. The minimum atomic E-state index is -0.473. The summed E-state index contributed by atoms with van der Waals surface area (Å²) >= 11 is 0. The zero-order chi connectivity index (χ0) is 19.4. The molecule has 1 N–H and O–H groups in total. The second-order valence-electron chi connectivity index (χ2n) is 6.90. The number of piperidine rings is 1. The maximum Gasteiger partial charge on any atom is 0.293 e. The molecule has 2 aromatic rings. The lowest BCUT2D eigenvalue weighted by molar-refractivity contribution is -0.384. The van der Waals surface area contributed by atoms with Crippen molar-refractivity contribution >= 4 is 28.7 Å². The van der Waals surface area contributed by atoms with E-state index in [4.69, 9.17) is 0 Å². The van der Waals surface area contributed by atoms with E-state index in [9.17, 15) is 14.9 Å². The van der Waals surface area contributed by atoms with Crippen molar-refractivity contribution in [2.75, 3.05) is 42.3 Å². The Bertz CT molecular complexity index is 828. The second kappa shape index (κ2) is 8.07. The van der Waals surface area contributed by atoms with Crippen LogP contribution in [0.25, 0.3) is 0 Å². The molecule has 142 valence electrons. The Morgan fingerprint density at radius 2 is 1.74 bits per heavy atom. The van der Waals surface area contributed by atoms with Crippen LogP contribution in [-0.2, 0) is 0 Å². The molecule has 27 heavy (non-hydrogen) atoms. The van der Waals surface area contributed by atoms with E-state index in [2.05, 4.69) is 10.2 Å². The predicted molar refractivity (Wildman–Crippen MR) is 108 cm³/mol.